The van der Waals surface area contributed by atoms with Crippen molar-refractivity contribution < 1.29 is 14.3 Å². The second-order valence-electron chi connectivity index (χ2n) is 7.67. The zero-order chi connectivity index (χ0) is 20.5. The first-order chi connectivity index (χ1) is 14.0. The van der Waals surface area contributed by atoms with Crippen molar-refractivity contribution in [3.63, 3.8) is 0 Å². The lowest BCUT2D eigenvalue weighted by molar-refractivity contribution is -0.144. The fourth-order valence-corrected chi connectivity index (χ4v) is 4.27. The minimum absolute atomic E-state index is 0.00434. The summed E-state index contributed by atoms with van der Waals surface area (Å²) in [6.45, 7) is 6.71. The van der Waals surface area contributed by atoms with Crippen molar-refractivity contribution >= 4 is 22.8 Å². The molecule has 0 spiro atoms. The Morgan fingerprint density at radius 3 is 2.66 bits per heavy atom. The maximum Gasteiger partial charge on any atom is 0.307 e. The lowest BCUT2D eigenvalue weighted by atomic mass is 10.0. The van der Waals surface area contributed by atoms with Gasteiger partial charge in [0.25, 0.3) is 5.91 Å². The van der Waals surface area contributed by atoms with Crippen LogP contribution in [-0.4, -0.2) is 34.5 Å². The molecule has 2 heterocycles. The number of aryl methyl sites for hydroxylation is 1. The van der Waals surface area contributed by atoms with Crippen LogP contribution in [0.25, 0.3) is 10.9 Å². The van der Waals surface area contributed by atoms with E-state index in [1.807, 2.05) is 78.8 Å². The molecule has 2 atom stereocenters. The summed E-state index contributed by atoms with van der Waals surface area (Å²) < 4.78 is 7.25. The van der Waals surface area contributed by atoms with E-state index < -0.39 is 0 Å². The zero-order valence-electron chi connectivity index (χ0n) is 17.1. The van der Waals surface area contributed by atoms with Gasteiger partial charge in [-0.3, -0.25) is 9.59 Å². The highest BCUT2D eigenvalue weighted by Crippen LogP contribution is 2.35. The average molecular weight is 390 g/mol. The number of ether oxygens (including phenoxy) is 1. The van der Waals surface area contributed by atoms with Gasteiger partial charge in [0.1, 0.15) is 5.69 Å². The number of aromatic nitrogens is 1. The van der Waals surface area contributed by atoms with Gasteiger partial charge >= 0.3 is 5.97 Å². The van der Waals surface area contributed by atoms with E-state index in [1.54, 1.807) is 0 Å². The molecule has 1 aromatic heterocycles. The maximum absolute atomic E-state index is 13.4. The topological polar surface area (TPSA) is 51.5 Å². The van der Waals surface area contributed by atoms with Gasteiger partial charge in [-0.2, -0.15) is 0 Å². The second-order valence-corrected chi connectivity index (χ2v) is 7.67. The minimum Gasteiger partial charge on any atom is -0.466 e. The Labute approximate surface area is 170 Å². The van der Waals surface area contributed by atoms with E-state index in [1.165, 1.54) is 0 Å². The first-order valence-electron chi connectivity index (χ1n) is 10.1. The third-order valence-corrected chi connectivity index (χ3v) is 5.70. The van der Waals surface area contributed by atoms with Crippen molar-refractivity contribution in [2.24, 2.45) is 0 Å². The summed E-state index contributed by atoms with van der Waals surface area (Å²) in [4.78, 5) is 27.6. The van der Waals surface area contributed by atoms with Crippen LogP contribution in [0.4, 0.5) is 0 Å². The van der Waals surface area contributed by atoms with Crippen LogP contribution < -0.4 is 0 Å². The van der Waals surface area contributed by atoms with Gasteiger partial charge in [0.05, 0.1) is 25.1 Å². The zero-order valence-corrected chi connectivity index (χ0v) is 17.1. The lowest BCUT2D eigenvalue weighted by Gasteiger charge is -2.38. The molecule has 0 aliphatic carbocycles. The van der Waals surface area contributed by atoms with Crippen molar-refractivity contribution in [1.82, 2.24) is 9.47 Å². The third-order valence-electron chi connectivity index (χ3n) is 5.70. The minimum atomic E-state index is -0.237. The van der Waals surface area contributed by atoms with Gasteiger partial charge in [0, 0.05) is 17.4 Å². The summed E-state index contributed by atoms with van der Waals surface area (Å²) in [7, 11) is 0. The summed E-state index contributed by atoms with van der Waals surface area (Å²) in [6.07, 6.45) is 0.240. The van der Waals surface area contributed by atoms with Crippen LogP contribution >= 0.6 is 0 Å². The summed E-state index contributed by atoms with van der Waals surface area (Å²) in [5, 5.41) is 1.02. The van der Waals surface area contributed by atoms with Crippen molar-refractivity contribution in [3.05, 3.63) is 71.4 Å². The Morgan fingerprint density at radius 1 is 1.17 bits per heavy atom. The quantitative estimate of drug-likeness (QED) is 0.595. The number of esters is 1. The van der Waals surface area contributed by atoms with Crippen LogP contribution in [0.15, 0.2) is 54.6 Å². The van der Waals surface area contributed by atoms with Gasteiger partial charge in [-0.25, -0.2) is 0 Å². The number of nitrogens with zero attached hydrogens (tertiary/aromatic N) is 2. The van der Waals surface area contributed by atoms with Gasteiger partial charge in [0.15, 0.2) is 0 Å². The van der Waals surface area contributed by atoms with E-state index in [9.17, 15) is 9.59 Å². The predicted molar refractivity (Wildman–Crippen MR) is 113 cm³/mol. The Morgan fingerprint density at radius 2 is 1.93 bits per heavy atom. The fraction of sp³-hybridized carbons (Fsp3) is 0.333. The van der Waals surface area contributed by atoms with Gasteiger partial charge < -0.3 is 14.2 Å². The molecule has 0 saturated heterocycles. The van der Waals surface area contributed by atoms with Crippen molar-refractivity contribution in [2.45, 2.75) is 39.3 Å². The number of amides is 1. The largest absolute Gasteiger partial charge is 0.466 e. The molecule has 0 fully saturated rings. The number of benzene rings is 2. The molecule has 150 valence electrons. The fourth-order valence-electron chi connectivity index (χ4n) is 4.27. The van der Waals surface area contributed by atoms with E-state index in [2.05, 4.69) is 6.07 Å². The normalized spacial score (nSPS) is 17.3. The number of carbonyl (C=O) groups is 2. The van der Waals surface area contributed by atoms with Crippen LogP contribution in [0.3, 0.4) is 0 Å². The van der Waals surface area contributed by atoms with Gasteiger partial charge in [-0.05, 0) is 44.5 Å². The van der Waals surface area contributed by atoms with E-state index >= 15 is 0 Å². The van der Waals surface area contributed by atoms with Crippen molar-refractivity contribution in [2.75, 3.05) is 13.2 Å². The lowest BCUT2D eigenvalue weighted by Crippen LogP contribution is -2.44. The molecule has 29 heavy (non-hydrogen) atoms. The standard InChI is InChI=1S/C24H26N2O3/c1-4-29-23(27)14-20-15-25(17(3)18-8-6-5-7-9-18)24(28)22-13-19-12-16(2)10-11-21(19)26(20)22/h5-13,17,20H,4,14-15H2,1-3H3/t17-,20?/m0/s1. The highest BCUT2D eigenvalue weighted by atomic mass is 16.5. The van der Waals surface area contributed by atoms with E-state index in [4.69, 9.17) is 4.74 Å². The second kappa shape index (κ2) is 7.74. The maximum atomic E-state index is 13.4. The van der Waals surface area contributed by atoms with Gasteiger partial charge in [-0.1, -0.05) is 42.0 Å². The number of hydrogen-bond acceptors (Lipinski definition) is 3. The molecule has 3 aromatic rings. The first-order valence-corrected chi connectivity index (χ1v) is 10.1. The van der Waals surface area contributed by atoms with Gasteiger partial charge in [-0.15, -0.1) is 0 Å². The molecule has 4 rings (SSSR count). The number of rotatable bonds is 5. The molecule has 0 N–H and O–H groups in total. The number of fused-ring (bicyclic) bond motifs is 3. The van der Waals surface area contributed by atoms with Crippen molar-refractivity contribution in [1.29, 1.82) is 0 Å². The summed E-state index contributed by atoms with van der Waals surface area (Å²) in [6, 6.07) is 17.9. The Bertz CT molecular complexity index is 1050. The molecule has 0 bridgehead atoms. The van der Waals surface area contributed by atoms with E-state index in [0.29, 0.717) is 18.8 Å². The number of carbonyl (C=O) groups excluding carboxylic acids is 2. The van der Waals surface area contributed by atoms with Crippen LogP contribution in [0.5, 0.6) is 0 Å². The third kappa shape index (κ3) is 3.53. The molecule has 5 nitrogen and oxygen atoms in total. The van der Waals surface area contributed by atoms with E-state index in [-0.39, 0.29) is 30.4 Å². The smallest absolute Gasteiger partial charge is 0.307 e. The molecule has 0 radical (unpaired) electrons. The van der Waals surface area contributed by atoms with Crippen molar-refractivity contribution in [3.8, 4) is 0 Å². The Balaban J connectivity index is 1.78. The van der Waals surface area contributed by atoms with Crippen LogP contribution in [0.1, 0.15) is 54.0 Å². The molecule has 1 amide bonds. The Kier molecular flexibility index (Phi) is 5.14. The monoisotopic (exact) mass is 390 g/mol. The summed E-state index contributed by atoms with van der Waals surface area (Å²) in [5.74, 6) is -0.241. The highest BCUT2D eigenvalue weighted by Gasteiger charge is 2.36. The van der Waals surface area contributed by atoms with Crippen LogP contribution in [0, 0.1) is 6.92 Å². The predicted octanol–water partition coefficient (Wildman–Crippen LogP) is 4.66. The molecule has 1 aliphatic heterocycles. The first kappa shape index (κ1) is 19.2. The summed E-state index contributed by atoms with van der Waals surface area (Å²) >= 11 is 0. The highest BCUT2D eigenvalue weighted by molar-refractivity contribution is 6.00. The van der Waals surface area contributed by atoms with Gasteiger partial charge in [0.2, 0.25) is 0 Å². The molecule has 1 unspecified atom stereocenters. The molecule has 0 saturated carbocycles. The van der Waals surface area contributed by atoms with Crippen LogP contribution in [0.2, 0.25) is 0 Å². The molecule has 5 heteroatoms. The molecule has 1 aliphatic rings. The number of hydrogen-bond donors (Lipinski definition) is 0. The molecular weight excluding hydrogens is 364 g/mol. The molecule has 2 aromatic carbocycles. The summed E-state index contributed by atoms with van der Waals surface area (Å²) in [5.41, 5.74) is 3.84. The SMILES string of the molecule is CCOC(=O)CC1CN([C@@H](C)c2ccccc2)C(=O)c2cc3cc(C)ccc3n21. The average Bonchev–Trinajstić information content (AvgIpc) is 3.09. The Hall–Kier alpha value is -3.08. The molecular formula is C24H26N2O3. The van der Waals surface area contributed by atoms with Crippen LogP contribution in [-0.2, 0) is 9.53 Å². The van der Waals surface area contributed by atoms with E-state index in [0.717, 1.165) is 22.0 Å².